The Labute approximate surface area is 232 Å². The first-order valence-corrected chi connectivity index (χ1v) is 12.3. The molecule has 0 aliphatic carbocycles. The molecule has 0 fully saturated rings. The highest BCUT2D eigenvalue weighted by atomic mass is 19.4. The molecule has 3 aromatic rings. The Morgan fingerprint density at radius 2 is 1.44 bits per heavy atom. The van der Waals surface area contributed by atoms with Crippen LogP contribution in [0.1, 0.15) is 40.7 Å². The molecule has 5 N–H and O–H groups in total. The number of aliphatic carboxylic acids is 1. The number of halogens is 5. The summed E-state index contributed by atoms with van der Waals surface area (Å²) in [5, 5.41) is 9.60. The Morgan fingerprint density at radius 3 is 2.00 bits per heavy atom. The lowest BCUT2D eigenvalue weighted by atomic mass is 10.0. The summed E-state index contributed by atoms with van der Waals surface area (Å²) in [5.74, 6) is -6.20. The molecule has 0 aliphatic heterocycles. The van der Waals surface area contributed by atoms with Gasteiger partial charge in [0, 0.05) is 23.4 Å². The molecule has 3 rings (SSSR count). The standard InChI is InChI=1S/C29H27F5N2O5/c30-28(31,29(32,33)34)12-1-13-40-24-10-6-20(7-11-24)27(39)41-25-8-3-18(4-9-25)14-21(26(37)38)5-2-19-15-22(35)17-23(36)16-19/h3-4,6-11,14-17H,1-2,5,12-13,35-36H2,(H,37,38)/b21-14+. The number of benzene rings is 3. The number of ether oxygens (including phenoxy) is 2. The Balaban J connectivity index is 1.53. The van der Waals surface area contributed by atoms with E-state index in [4.69, 9.17) is 20.9 Å². The Morgan fingerprint density at radius 1 is 0.854 bits per heavy atom. The van der Waals surface area contributed by atoms with E-state index in [1.54, 1.807) is 30.3 Å². The predicted octanol–water partition coefficient (Wildman–Crippen LogP) is 6.53. The Kier molecular flexibility index (Phi) is 9.93. The molecule has 0 saturated carbocycles. The number of carboxylic acids is 1. The van der Waals surface area contributed by atoms with Crippen LogP contribution in [0.25, 0.3) is 6.08 Å². The smallest absolute Gasteiger partial charge is 0.453 e. The summed E-state index contributed by atoms with van der Waals surface area (Å²) in [6.45, 7) is -0.366. The van der Waals surface area contributed by atoms with Crippen LogP contribution in [0.5, 0.6) is 11.5 Å². The van der Waals surface area contributed by atoms with Gasteiger partial charge >= 0.3 is 24.0 Å². The highest BCUT2D eigenvalue weighted by Gasteiger charge is 2.56. The largest absolute Gasteiger partial charge is 0.494 e. The maximum absolute atomic E-state index is 12.9. The van der Waals surface area contributed by atoms with Gasteiger partial charge in [-0.1, -0.05) is 12.1 Å². The van der Waals surface area contributed by atoms with Gasteiger partial charge in [0.2, 0.25) is 0 Å². The van der Waals surface area contributed by atoms with Crippen LogP contribution in [-0.4, -0.2) is 35.8 Å². The molecule has 218 valence electrons. The van der Waals surface area contributed by atoms with Crippen molar-refractivity contribution < 1.29 is 46.1 Å². The Hall–Kier alpha value is -4.61. The lowest BCUT2D eigenvalue weighted by Crippen LogP contribution is -2.36. The van der Waals surface area contributed by atoms with Gasteiger partial charge in [0.05, 0.1) is 12.2 Å². The van der Waals surface area contributed by atoms with E-state index in [1.807, 2.05) is 0 Å². The Bertz CT molecular complexity index is 1370. The average molecular weight is 579 g/mol. The van der Waals surface area contributed by atoms with E-state index in [0.717, 1.165) is 5.56 Å². The van der Waals surface area contributed by atoms with Gasteiger partial charge < -0.3 is 26.0 Å². The van der Waals surface area contributed by atoms with E-state index in [0.29, 0.717) is 23.4 Å². The number of rotatable bonds is 12. The molecule has 0 aromatic heterocycles. The van der Waals surface area contributed by atoms with Crippen molar-refractivity contribution in [1.29, 1.82) is 0 Å². The minimum absolute atomic E-state index is 0.139. The minimum Gasteiger partial charge on any atom is -0.494 e. The minimum atomic E-state index is -5.61. The number of hydrogen-bond acceptors (Lipinski definition) is 6. The van der Waals surface area contributed by atoms with Crippen molar-refractivity contribution in [2.45, 2.75) is 37.8 Å². The molecule has 0 atom stereocenters. The van der Waals surface area contributed by atoms with Crippen molar-refractivity contribution in [1.82, 2.24) is 0 Å². The van der Waals surface area contributed by atoms with Crippen LogP contribution in [0.15, 0.2) is 72.3 Å². The van der Waals surface area contributed by atoms with E-state index >= 15 is 0 Å². The van der Waals surface area contributed by atoms with Crippen molar-refractivity contribution >= 4 is 29.4 Å². The van der Waals surface area contributed by atoms with Crippen LogP contribution in [-0.2, 0) is 11.2 Å². The molecular formula is C29H27F5N2O5. The number of nitrogen functional groups attached to an aromatic ring is 2. The van der Waals surface area contributed by atoms with E-state index in [1.165, 1.54) is 42.5 Å². The van der Waals surface area contributed by atoms with Gasteiger partial charge in [0.15, 0.2) is 0 Å². The molecular weight excluding hydrogens is 551 g/mol. The van der Waals surface area contributed by atoms with E-state index in [2.05, 4.69) is 0 Å². The van der Waals surface area contributed by atoms with Crippen LogP contribution < -0.4 is 20.9 Å². The number of carboxylic acid groups (broad SMARTS) is 1. The quantitative estimate of drug-likeness (QED) is 0.0558. The summed E-state index contributed by atoms with van der Waals surface area (Å²) in [7, 11) is 0. The fourth-order valence-electron chi connectivity index (χ4n) is 3.72. The third kappa shape index (κ3) is 9.23. The topological polar surface area (TPSA) is 125 Å². The van der Waals surface area contributed by atoms with Crippen LogP contribution in [0, 0.1) is 0 Å². The van der Waals surface area contributed by atoms with Crippen LogP contribution >= 0.6 is 0 Å². The summed E-state index contributed by atoms with van der Waals surface area (Å²) in [6.07, 6.45) is -5.37. The van der Waals surface area contributed by atoms with Gasteiger partial charge in [-0.2, -0.15) is 22.0 Å². The second-order valence-electron chi connectivity index (χ2n) is 9.12. The third-order valence-corrected chi connectivity index (χ3v) is 5.84. The van der Waals surface area contributed by atoms with Gasteiger partial charge in [0.25, 0.3) is 0 Å². The van der Waals surface area contributed by atoms with Crippen LogP contribution in [0.4, 0.5) is 33.3 Å². The molecule has 0 amide bonds. The molecule has 0 heterocycles. The van der Waals surface area contributed by atoms with E-state index in [9.17, 15) is 36.6 Å². The van der Waals surface area contributed by atoms with Gasteiger partial charge in [-0.15, -0.1) is 0 Å². The molecule has 0 radical (unpaired) electrons. The number of alkyl halides is 5. The number of anilines is 2. The van der Waals surface area contributed by atoms with Crippen molar-refractivity contribution in [2.24, 2.45) is 0 Å². The van der Waals surface area contributed by atoms with Gasteiger partial charge in [-0.3, -0.25) is 0 Å². The van der Waals surface area contributed by atoms with Gasteiger partial charge in [0.1, 0.15) is 11.5 Å². The highest BCUT2D eigenvalue weighted by Crippen LogP contribution is 2.38. The van der Waals surface area contributed by atoms with Crippen molar-refractivity contribution in [2.75, 3.05) is 18.1 Å². The normalized spacial score (nSPS) is 12.2. The van der Waals surface area contributed by atoms with Crippen LogP contribution in [0.2, 0.25) is 0 Å². The third-order valence-electron chi connectivity index (χ3n) is 5.84. The molecule has 0 spiro atoms. The summed E-state index contributed by atoms with van der Waals surface area (Å²) in [4.78, 5) is 24.2. The molecule has 41 heavy (non-hydrogen) atoms. The van der Waals surface area contributed by atoms with Gasteiger partial charge in [-0.25, -0.2) is 9.59 Å². The average Bonchev–Trinajstić information content (AvgIpc) is 2.89. The fraction of sp³-hybridized carbons (Fsp3) is 0.241. The SMILES string of the molecule is Nc1cc(N)cc(CC/C(=C\c2ccc(OC(=O)c3ccc(OCCCC(F)(F)C(F)(F)F)cc3)cc2)C(=O)O)c1. The van der Waals surface area contributed by atoms with Crippen molar-refractivity contribution in [3.63, 3.8) is 0 Å². The molecule has 0 saturated heterocycles. The zero-order chi connectivity index (χ0) is 30.2. The lowest BCUT2D eigenvalue weighted by molar-refractivity contribution is -0.284. The summed E-state index contributed by atoms with van der Waals surface area (Å²) in [6, 6.07) is 16.7. The van der Waals surface area contributed by atoms with E-state index < -0.39 is 36.9 Å². The molecule has 3 aromatic carbocycles. The number of esters is 1. The first-order valence-electron chi connectivity index (χ1n) is 12.3. The zero-order valence-corrected chi connectivity index (χ0v) is 21.6. The molecule has 0 aliphatic rings. The predicted molar refractivity (Wildman–Crippen MR) is 143 cm³/mol. The number of nitrogens with two attached hydrogens (primary N) is 2. The van der Waals surface area contributed by atoms with Crippen molar-refractivity contribution in [3.8, 4) is 11.5 Å². The first-order chi connectivity index (χ1) is 19.2. The molecule has 0 bridgehead atoms. The number of aryl methyl sites for hydroxylation is 1. The van der Waals surface area contributed by atoms with Crippen molar-refractivity contribution in [3.05, 3.63) is 89.0 Å². The molecule has 7 nitrogen and oxygen atoms in total. The molecule has 0 unspecified atom stereocenters. The molecule has 12 heteroatoms. The monoisotopic (exact) mass is 578 g/mol. The maximum atomic E-state index is 12.9. The highest BCUT2D eigenvalue weighted by molar-refractivity contribution is 5.92. The summed E-state index contributed by atoms with van der Waals surface area (Å²) in [5.41, 5.74) is 14.2. The van der Waals surface area contributed by atoms with Crippen LogP contribution in [0.3, 0.4) is 0 Å². The number of carbonyl (C=O) groups excluding carboxylic acids is 1. The lowest BCUT2D eigenvalue weighted by Gasteiger charge is -2.19. The maximum Gasteiger partial charge on any atom is 0.453 e. The number of hydrogen-bond donors (Lipinski definition) is 3. The summed E-state index contributed by atoms with van der Waals surface area (Å²) < 4.78 is 72.9. The summed E-state index contributed by atoms with van der Waals surface area (Å²) >= 11 is 0. The fourth-order valence-corrected chi connectivity index (χ4v) is 3.72. The van der Waals surface area contributed by atoms with E-state index in [-0.39, 0.29) is 35.7 Å². The zero-order valence-electron chi connectivity index (χ0n) is 21.6. The first kappa shape index (κ1) is 30.9. The second-order valence-corrected chi connectivity index (χ2v) is 9.12. The second kappa shape index (κ2) is 13.2. The number of carbonyl (C=O) groups is 2. The van der Waals surface area contributed by atoms with Gasteiger partial charge in [-0.05, 0) is 91.1 Å².